The minimum atomic E-state index is -4.25. The number of aryl methyl sites for hydroxylation is 1. The van der Waals surface area contributed by atoms with E-state index in [4.69, 9.17) is 0 Å². The normalized spacial score (nSPS) is 12.7. The molecular weight excluding hydrogens is 544 g/mol. The van der Waals surface area contributed by atoms with Crippen molar-refractivity contribution in [3.05, 3.63) is 100 Å². The van der Waals surface area contributed by atoms with E-state index < -0.39 is 33.4 Å². The number of anilines is 1. The van der Waals surface area contributed by atoms with E-state index in [9.17, 15) is 28.1 Å². The molecule has 10 nitrogen and oxygen atoms in total. The van der Waals surface area contributed by atoms with Crippen LogP contribution in [0.25, 0.3) is 0 Å². The van der Waals surface area contributed by atoms with Crippen LogP contribution in [0.15, 0.2) is 83.8 Å². The number of nitro benzene ring substituents is 1. The van der Waals surface area contributed by atoms with Crippen LogP contribution >= 0.6 is 0 Å². The molecule has 0 aliphatic carbocycles. The first-order valence-electron chi connectivity index (χ1n) is 13.5. The molecule has 3 aromatic rings. The third kappa shape index (κ3) is 7.91. The van der Waals surface area contributed by atoms with Gasteiger partial charge in [-0.15, -0.1) is 0 Å². The zero-order valence-corrected chi connectivity index (χ0v) is 24.5. The third-order valence-electron chi connectivity index (χ3n) is 6.82. The van der Waals surface area contributed by atoms with Crippen LogP contribution in [0.1, 0.15) is 44.7 Å². The molecule has 0 aromatic heterocycles. The molecule has 1 N–H and O–H groups in total. The lowest BCUT2D eigenvalue weighted by Gasteiger charge is -2.33. The van der Waals surface area contributed by atoms with E-state index in [0.29, 0.717) is 12.8 Å². The van der Waals surface area contributed by atoms with Crippen molar-refractivity contribution < 1.29 is 22.9 Å². The van der Waals surface area contributed by atoms with Gasteiger partial charge in [0.1, 0.15) is 12.6 Å². The van der Waals surface area contributed by atoms with E-state index in [1.54, 1.807) is 25.1 Å². The number of non-ortho nitro benzene ring substituents is 1. The van der Waals surface area contributed by atoms with Crippen molar-refractivity contribution in [1.82, 2.24) is 10.2 Å². The molecule has 2 atom stereocenters. The van der Waals surface area contributed by atoms with Gasteiger partial charge in [0.05, 0.1) is 15.5 Å². The number of rotatable bonds is 13. The maximum atomic E-state index is 14.0. The highest BCUT2D eigenvalue weighted by Gasteiger charge is 2.34. The van der Waals surface area contributed by atoms with Gasteiger partial charge in [-0.3, -0.25) is 24.0 Å². The van der Waals surface area contributed by atoms with Gasteiger partial charge in [0.25, 0.3) is 15.7 Å². The predicted octanol–water partition coefficient (Wildman–Crippen LogP) is 4.82. The topological polar surface area (TPSA) is 130 Å². The van der Waals surface area contributed by atoms with E-state index in [1.165, 1.54) is 41.3 Å². The fourth-order valence-electron chi connectivity index (χ4n) is 4.24. The molecule has 0 aliphatic rings. The maximum absolute atomic E-state index is 14.0. The van der Waals surface area contributed by atoms with Crippen LogP contribution in [0.5, 0.6) is 0 Å². The van der Waals surface area contributed by atoms with Gasteiger partial charge in [0.2, 0.25) is 11.8 Å². The molecule has 0 radical (unpaired) electrons. The van der Waals surface area contributed by atoms with Gasteiger partial charge in [0.15, 0.2) is 0 Å². The van der Waals surface area contributed by atoms with Gasteiger partial charge < -0.3 is 10.2 Å². The number of carbonyl (C=O) groups excluding carboxylic acids is 2. The molecule has 3 rings (SSSR count). The number of amides is 2. The minimum Gasteiger partial charge on any atom is -0.352 e. The largest absolute Gasteiger partial charge is 0.352 e. The number of carbonyl (C=O) groups is 2. The molecule has 0 saturated heterocycles. The Morgan fingerprint density at radius 1 is 0.927 bits per heavy atom. The Morgan fingerprint density at radius 2 is 1.54 bits per heavy atom. The summed E-state index contributed by atoms with van der Waals surface area (Å²) in [6.45, 7) is 7.03. The first-order valence-corrected chi connectivity index (χ1v) is 14.9. The Hall–Kier alpha value is -4.25. The number of nitro groups is 1. The summed E-state index contributed by atoms with van der Waals surface area (Å²) in [7, 11) is -4.25. The summed E-state index contributed by atoms with van der Waals surface area (Å²) >= 11 is 0. The Balaban J connectivity index is 2.06. The summed E-state index contributed by atoms with van der Waals surface area (Å²) in [4.78, 5) is 39.3. The lowest BCUT2D eigenvalue weighted by atomic mass is 10.1. The molecule has 0 heterocycles. The SMILES string of the molecule is CC[C@@H](C)NC(=O)[C@@H](CC)N(Cc1ccc(C)cc1)C(=O)CN(c1ccc([N+](=O)[O-])cc1)S(=O)(=O)c1ccccc1. The first-order chi connectivity index (χ1) is 19.5. The van der Waals surface area contributed by atoms with Crippen LogP contribution in [0, 0.1) is 17.0 Å². The van der Waals surface area contributed by atoms with E-state index >= 15 is 0 Å². The Labute approximate surface area is 241 Å². The van der Waals surface area contributed by atoms with Crippen LogP contribution < -0.4 is 9.62 Å². The highest BCUT2D eigenvalue weighted by molar-refractivity contribution is 7.92. The number of nitrogens with one attached hydrogen (secondary N) is 1. The van der Waals surface area contributed by atoms with Crippen molar-refractivity contribution in [3.8, 4) is 0 Å². The fourth-order valence-corrected chi connectivity index (χ4v) is 5.68. The van der Waals surface area contributed by atoms with Crippen LogP contribution in [0.4, 0.5) is 11.4 Å². The highest BCUT2D eigenvalue weighted by Crippen LogP contribution is 2.26. The molecular formula is C30H36N4O6S. The Kier molecular flexibility index (Phi) is 10.6. The summed E-state index contributed by atoms with van der Waals surface area (Å²) < 4.78 is 28.5. The molecule has 0 unspecified atom stereocenters. The number of benzene rings is 3. The summed E-state index contributed by atoms with van der Waals surface area (Å²) in [6, 6.07) is 19.2. The molecule has 11 heteroatoms. The quantitative estimate of drug-likeness (QED) is 0.228. The standard InChI is InChI=1S/C30H36N4O6S/c1-5-23(4)31-30(36)28(6-2)32(20-24-14-12-22(3)13-15-24)29(35)21-33(25-16-18-26(19-17-25)34(37)38)41(39,40)27-10-8-7-9-11-27/h7-19,23,28H,5-6,20-21H2,1-4H3,(H,31,36)/t23-,28-/m1/s1. The summed E-state index contributed by atoms with van der Waals surface area (Å²) in [6.07, 6.45) is 1.01. The van der Waals surface area contributed by atoms with Crippen molar-refractivity contribution in [2.45, 2.75) is 64.1 Å². The maximum Gasteiger partial charge on any atom is 0.269 e. The van der Waals surface area contributed by atoms with Crippen molar-refractivity contribution in [3.63, 3.8) is 0 Å². The zero-order valence-electron chi connectivity index (χ0n) is 23.7. The van der Waals surface area contributed by atoms with E-state index in [-0.39, 0.29) is 34.8 Å². The van der Waals surface area contributed by atoms with Gasteiger partial charge >= 0.3 is 0 Å². The Bertz CT molecular complexity index is 1440. The van der Waals surface area contributed by atoms with Gasteiger partial charge in [-0.25, -0.2) is 8.42 Å². The second-order valence-corrected chi connectivity index (χ2v) is 11.7. The second kappa shape index (κ2) is 13.9. The molecule has 0 spiro atoms. The van der Waals surface area contributed by atoms with Gasteiger partial charge in [0, 0.05) is 24.7 Å². The van der Waals surface area contributed by atoms with Gasteiger partial charge in [-0.2, -0.15) is 0 Å². The average molecular weight is 581 g/mol. The third-order valence-corrected chi connectivity index (χ3v) is 8.61. The number of nitrogens with zero attached hydrogens (tertiary/aromatic N) is 3. The van der Waals surface area contributed by atoms with E-state index in [1.807, 2.05) is 45.0 Å². The molecule has 41 heavy (non-hydrogen) atoms. The van der Waals surface area contributed by atoms with Crippen molar-refractivity contribution in [1.29, 1.82) is 0 Å². The van der Waals surface area contributed by atoms with E-state index in [2.05, 4.69) is 5.32 Å². The average Bonchev–Trinajstić information content (AvgIpc) is 2.97. The van der Waals surface area contributed by atoms with Crippen molar-refractivity contribution >= 4 is 33.2 Å². The second-order valence-electron chi connectivity index (χ2n) is 9.85. The zero-order chi connectivity index (χ0) is 30.2. The van der Waals surface area contributed by atoms with Crippen LogP contribution in [-0.4, -0.2) is 48.7 Å². The molecule has 2 amide bonds. The van der Waals surface area contributed by atoms with Crippen molar-refractivity contribution in [2.75, 3.05) is 10.8 Å². The van der Waals surface area contributed by atoms with Gasteiger partial charge in [-0.1, -0.05) is 61.9 Å². The van der Waals surface area contributed by atoms with E-state index in [0.717, 1.165) is 15.4 Å². The lowest BCUT2D eigenvalue weighted by Crippen LogP contribution is -2.53. The molecule has 3 aromatic carbocycles. The molecule has 0 aliphatic heterocycles. The highest BCUT2D eigenvalue weighted by atomic mass is 32.2. The first kappa shape index (κ1) is 31.3. The van der Waals surface area contributed by atoms with Crippen LogP contribution in [0.2, 0.25) is 0 Å². The summed E-state index contributed by atoms with van der Waals surface area (Å²) in [5, 5.41) is 14.1. The summed E-state index contributed by atoms with van der Waals surface area (Å²) in [5.74, 6) is -0.912. The monoisotopic (exact) mass is 580 g/mol. The van der Waals surface area contributed by atoms with Gasteiger partial charge in [-0.05, 0) is 56.5 Å². The summed E-state index contributed by atoms with van der Waals surface area (Å²) in [5.41, 5.74) is 1.68. The fraction of sp³-hybridized carbons (Fsp3) is 0.333. The Morgan fingerprint density at radius 3 is 2.07 bits per heavy atom. The molecule has 0 saturated carbocycles. The molecule has 0 fully saturated rings. The molecule has 0 bridgehead atoms. The number of sulfonamides is 1. The lowest BCUT2D eigenvalue weighted by molar-refractivity contribution is -0.384. The molecule has 218 valence electrons. The van der Waals surface area contributed by atoms with Crippen LogP contribution in [-0.2, 0) is 26.2 Å². The number of hydrogen-bond acceptors (Lipinski definition) is 6. The van der Waals surface area contributed by atoms with Crippen LogP contribution in [0.3, 0.4) is 0 Å². The number of hydrogen-bond donors (Lipinski definition) is 1. The minimum absolute atomic E-state index is 0.0437. The predicted molar refractivity (Wildman–Crippen MR) is 158 cm³/mol. The van der Waals surface area contributed by atoms with Crippen molar-refractivity contribution in [2.24, 2.45) is 0 Å². The smallest absolute Gasteiger partial charge is 0.269 e.